The van der Waals surface area contributed by atoms with E-state index in [0.717, 1.165) is 38.8 Å². The maximum Gasteiger partial charge on any atom is 0.294 e. The smallest absolute Gasteiger partial charge is 0.294 e. The lowest BCUT2D eigenvalue weighted by Crippen LogP contribution is -2.38. The quantitative estimate of drug-likeness (QED) is 0.466. The number of anilines is 3. The van der Waals surface area contributed by atoms with Crippen molar-refractivity contribution in [2.45, 2.75) is 51.5 Å². The van der Waals surface area contributed by atoms with Gasteiger partial charge in [-0.15, -0.1) is 0 Å². The zero-order chi connectivity index (χ0) is 26.8. The minimum absolute atomic E-state index is 0.0917. The van der Waals surface area contributed by atoms with E-state index in [-0.39, 0.29) is 35.0 Å². The molecule has 1 aliphatic heterocycles. The molecule has 10 nitrogen and oxygen atoms in total. The first-order chi connectivity index (χ1) is 18.3. The second-order valence-electron chi connectivity index (χ2n) is 9.95. The highest BCUT2D eigenvalue weighted by molar-refractivity contribution is 6.30. The molecule has 0 aromatic carbocycles. The van der Waals surface area contributed by atoms with Crippen molar-refractivity contribution in [2.24, 2.45) is 5.92 Å². The van der Waals surface area contributed by atoms with E-state index in [0.29, 0.717) is 28.0 Å². The van der Waals surface area contributed by atoms with Crippen LogP contribution in [0.4, 0.5) is 17.3 Å². The molecule has 0 radical (unpaired) electrons. The van der Waals surface area contributed by atoms with Crippen molar-refractivity contribution >= 4 is 57.7 Å². The van der Waals surface area contributed by atoms with Gasteiger partial charge in [0.1, 0.15) is 22.8 Å². The number of nitrogens with zero attached hydrogens (tertiary/aromatic N) is 4. The Morgan fingerprint density at radius 1 is 1.05 bits per heavy atom. The predicted octanol–water partition coefficient (Wildman–Crippen LogP) is 4.70. The van der Waals surface area contributed by atoms with Crippen molar-refractivity contribution in [1.29, 1.82) is 0 Å². The first-order valence-electron chi connectivity index (χ1n) is 13.0. The van der Waals surface area contributed by atoms with Crippen LogP contribution in [0.15, 0.2) is 34.9 Å². The van der Waals surface area contributed by atoms with E-state index in [9.17, 15) is 14.4 Å². The number of likely N-dealkylation sites (tertiary alicyclic amines) is 1. The van der Waals surface area contributed by atoms with Gasteiger partial charge in [-0.25, -0.2) is 9.97 Å². The molecule has 1 aliphatic carbocycles. The van der Waals surface area contributed by atoms with Crippen molar-refractivity contribution in [1.82, 2.24) is 14.9 Å². The Hall–Kier alpha value is -3.50. The van der Waals surface area contributed by atoms with Crippen LogP contribution in [0.3, 0.4) is 0 Å². The average Bonchev–Trinajstić information content (AvgIpc) is 3.58. The molecule has 1 saturated heterocycles. The Morgan fingerprint density at radius 3 is 2.45 bits per heavy atom. The summed E-state index contributed by atoms with van der Waals surface area (Å²) in [7, 11) is 1.60. The summed E-state index contributed by atoms with van der Waals surface area (Å²) in [6.45, 7) is 3.72. The predicted molar refractivity (Wildman–Crippen MR) is 145 cm³/mol. The monoisotopic (exact) mass is 538 g/mol. The summed E-state index contributed by atoms with van der Waals surface area (Å²) in [6.07, 6.45) is 7.44. The topological polar surface area (TPSA) is 121 Å². The molecule has 0 atom stereocenters. The number of amides is 3. The minimum atomic E-state index is -0.590. The van der Waals surface area contributed by atoms with Gasteiger partial charge in [-0.1, -0.05) is 11.6 Å². The summed E-state index contributed by atoms with van der Waals surface area (Å²) in [5.74, 6) is -0.569. The molecule has 0 bridgehead atoms. The Morgan fingerprint density at radius 2 is 1.79 bits per heavy atom. The maximum absolute atomic E-state index is 13.4. The Bertz CT molecular complexity index is 1340. The van der Waals surface area contributed by atoms with E-state index in [1.54, 1.807) is 31.3 Å². The van der Waals surface area contributed by atoms with E-state index >= 15 is 0 Å². The molecule has 3 aromatic heterocycles. The average molecular weight is 539 g/mol. The number of nitrogens with one attached hydrogen (secondary N) is 2. The van der Waals surface area contributed by atoms with E-state index in [1.807, 2.05) is 0 Å². The van der Waals surface area contributed by atoms with Crippen LogP contribution in [0.2, 0.25) is 5.02 Å². The van der Waals surface area contributed by atoms with Crippen molar-refractivity contribution < 1.29 is 18.8 Å². The fraction of sp³-hybridized carbons (Fsp3) is 0.444. The molecular formula is C27H31ClN6O4. The molecule has 2 N–H and O–H groups in total. The first kappa shape index (κ1) is 26.1. The molecule has 38 heavy (non-hydrogen) atoms. The Kier molecular flexibility index (Phi) is 7.62. The summed E-state index contributed by atoms with van der Waals surface area (Å²) in [4.78, 5) is 51.2. The Balaban J connectivity index is 1.41. The number of aromatic nitrogens is 2. The van der Waals surface area contributed by atoms with Crippen molar-refractivity contribution in [3.8, 4) is 0 Å². The molecule has 3 aromatic rings. The summed E-state index contributed by atoms with van der Waals surface area (Å²) >= 11 is 5.90. The van der Waals surface area contributed by atoms with Gasteiger partial charge in [-0.3, -0.25) is 14.4 Å². The van der Waals surface area contributed by atoms with Crippen LogP contribution in [0, 0.1) is 5.92 Å². The highest BCUT2D eigenvalue weighted by Gasteiger charge is 2.32. The maximum atomic E-state index is 13.4. The lowest BCUT2D eigenvalue weighted by molar-refractivity contribution is -0.121. The molecule has 0 spiro atoms. The normalized spacial score (nSPS) is 19.9. The van der Waals surface area contributed by atoms with Crippen molar-refractivity contribution in [3.05, 3.63) is 41.2 Å². The molecular weight excluding hydrogens is 508 g/mol. The molecule has 0 unspecified atom stereocenters. The number of carbonyl (C=O) groups excluding carboxylic acids is 3. The van der Waals surface area contributed by atoms with Gasteiger partial charge in [-0.05, 0) is 75.9 Å². The zero-order valence-corrected chi connectivity index (χ0v) is 22.3. The molecule has 200 valence electrons. The number of hydrogen-bond acceptors (Lipinski definition) is 7. The second-order valence-corrected chi connectivity index (χ2v) is 10.4. The van der Waals surface area contributed by atoms with Crippen molar-refractivity contribution in [2.75, 3.05) is 35.7 Å². The van der Waals surface area contributed by atoms with Gasteiger partial charge in [0.2, 0.25) is 17.6 Å². The number of halogens is 1. The third kappa shape index (κ3) is 5.51. The zero-order valence-electron chi connectivity index (χ0n) is 21.5. The summed E-state index contributed by atoms with van der Waals surface area (Å²) in [6, 6.07) is 6.97. The largest absolute Gasteiger partial charge is 0.447 e. The van der Waals surface area contributed by atoms with Crippen LogP contribution in [0.25, 0.3) is 11.1 Å². The summed E-state index contributed by atoms with van der Waals surface area (Å²) < 4.78 is 5.87. The van der Waals surface area contributed by atoms with E-state index in [1.165, 1.54) is 30.9 Å². The van der Waals surface area contributed by atoms with Crippen LogP contribution in [-0.4, -0.2) is 58.8 Å². The molecule has 11 heteroatoms. The molecule has 5 rings (SSSR count). The Labute approximate surface area is 225 Å². The van der Waals surface area contributed by atoms with Gasteiger partial charge in [0.15, 0.2) is 5.58 Å². The van der Waals surface area contributed by atoms with Crippen LogP contribution in [0.5, 0.6) is 0 Å². The molecule has 4 heterocycles. The first-order valence-corrected chi connectivity index (χ1v) is 13.3. The summed E-state index contributed by atoms with van der Waals surface area (Å²) in [5, 5.41) is 6.06. The molecule has 3 amide bonds. The lowest BCUT2D eigenvalue weighted by atomic mass is 9.85. The third-order valence-corrected chi connectivity index (χ3v) is 7.71. The van der Waals surface area contributed by atoms with Crippen LogP contribution in [0.1, 0.15) is 56.0 Å². The number of carbonyl (C=O) groups is 3. The molecule has 2 aliphatic rings. The number of rotatable bonds is 6. The highest BCUT2D eigenvalue weighted by Crippen LogP contribution is 2.35. The van der Waals surface area contributed by atoms with Gasteiger partial charge < -0.3 is 24.9 Å². The number of pyridine rings is 2. The summed E-state index contributed by atoms with van der Waals surface area (Å²) in [5.41, 5.74) is 0.786. The van der Waals surface area contributed by atoms with Gasteiger partial charge in [0.05, 0.1) is 5.02 Å². The van der Waals surface area contributed by atoms with Crippen LogP contribution in [-0.2, 0) is 9.59 Å². The van der Waals surface area contributed by atoms with E-state index < -0.39 is 5.91 Å². The third-order valence-electron chi connectivity index (χ3n) is 7.48. The number of fused-ring (bicyclic) bond motifs is 1. The fourth-order valence-corrected chi connectivity index (χ4v) is 5.36. The van der Waals surface area contributed by atoms with Crippen LogP contribution >= 0.6 is 11.6 Å². The second kappa shape index (κ2) is 11.1. The van der Waals surface area contributed by atoms with Gasteiger partial charge >= 0.3 is 0 Å². The van der Waals surface area contributed by atoms with E-state index in [2.05, 4.69) is 25.5 Å². The SMILES string of the molecule is CC(=O)N(C)c1ccc2oc(C(=O)Nc3ccc(Cl)cn3)c(NC(=O)C3CCC(N4CCCC4)CC3)c2n1. The highest BCUT2D eigenvalue weighted by atomic mass is 35.5. The fourth-order valence-electron chi connectivity index (χ4n) is 5.25. The van der Waals surface area contributed by atoms with Crippen LogP contribution < -0.4 is 15.5 Å². The van der Waals surface area contributed by atoms with E-state index in [4.69, 9.17) is 16.0 Å². The van der Waals surface area contributed by atoms with Gasteiger partial charge in [0.25, 0.3) is 5.91 Å². The van der Waals surface area contributed by atoms with Gasteiger partial charge in [0, 0.05) is 32.1 Å². The number of hydrogen-bond donors (Lipinski definition) is 2. The van der Waals surface area contributed by atoms with Gasteiger partial charge in [-0.2, -0.15) is 0 Å². The molecule has 1 saturated carbocycles. The van der Waals surface area contributed by atoms with Crippen molar-refractivity contribution in [3.63, 3.8) is 0 Å². The minimum Gasteiger partial charge on any atom is -0.447 e. The lowest BCUT2D eigenvalue weighted by Gasteiger charge is -2.33. The molecule has 2 fully saturated rings. The standard InChI is InChI=1S/C27H31ClN6O4/c1-16(35)33(2)22-12-10-20-23(31-22)24(25(38-20)27(37)30-21-11-7-18(28)15-29-21)32-26(36)17-5-8-19(9-6-17)34-13-3-4-14-34/h7,10-12,15,17,19H,3-6,8-9,13-14H2,1-2H3,(H,32,36)(H,29,30,37). The number of furan rings is 1.